The maximum atomic E-state index is 3.39. The zero-order valence-corrected chi connectivity index (χ0v) is 7.72. The van der Waals surface area contributed by atoms with Crippen LogP contribution in [-0.2, 0) is 0 Å². The maximum Gasteiger partial charge on any atom is -0.00884 e. The molecule has 1 aliphatic rings. The topological polar surface area (TPSA) is 0 Å². The molecule has 0 saturated heterocycles. The summed E-state index contributed by atoms with van der Waals surface area (Å²) in [5, 5.41) is 0. The van der Waals surface area contributed by atoms with Gasteiger partial charge in [-0.1, -0.05) is 32.9 Å². The van der Waals surface area contributed by atoms with Crippen LogP contribution in [0.5, 0.6) is 0 Å². The van der Waals surface area contributed by atoms with Gasteiger partial charge in [-0.15, -0.1) is 0 Å². The van der Waals surface area contributed by atoms with Crippen LogP contribution < -0.4 is 0 Å². The van der Waals surface area contributed by atoms with Crippen LogP contribution >= 0.6 is 0 Å². The van der Waals surface area contributed by atoms with Crippen LogP contribution in [0.2, 0.25) is 0 Å². The van der Waals surface area contributed by atoms with Crippen molar-refractivity contribution in [3.63, 3.8) is 0 Å². The van der Waals surface area contributed by atoms with Gasteiger partial charge in [0.15, 0.2) is 0 Å². The Kier molecular flexibility index (Phi) is 2.92. The highest BCUT2D eigenvalue weighted by Crippen LogP contribution is 2.27. The first-order valence-electron chi connectivity index (χ1n) is 4.53. The third-order valence-corrected chi connectivity index (χ3v) is 2.37. The Balaban J connectivity index is 2.61. The second-order valence-electron chi connectivity index (χ2n) is 3.50. The molecule has 0 heteroatoms. The van der Waals surface area contributed by atoms with E-state index in [1.165, 1.54) is 12.0 Å². The highest BCUT2D eigenvalue weighted by Gasteiger charge is 2.15. The van der Waals surface area contributed by atoms with Crippen molar-refractivity contribution in [3.8, 4) is 0 Å². The van der Waals surface area contributed by atoms with Crippen LogP contribution in [0.3, 0.4) is 0 Å². The fourth-order valence-corrected chi connectivity index (χ4v) is 1.73. The molecule has 0 N–H and O–H groups in total. The fraction of sp³-hybridized carbons (Fsp3) is 0.636. The first-order chi connectivity index (χ1) is 5.25. The van der Waals surface area contributed by atoms with Gasteiger partial charge in [0, 0.05) is 0 Å². The zero-order valence-electron chi connectivity index (χ0n) is 7.72. The molecule has 0 saturated carbocycles. The lowest BCUT2D eigenvalue weighted by atomic mass is 9.87. The van der Waals surface area contributed by atoms with Crippen molar-refractivity contribution < 1.29 is 0 Å². The fourth-order valence-electron chi connectivity index (χ4n) is 1.73. The van der Waals surface area contributed by atoms with Crippen molar-refractivity contribution in [2.24, 2.45) is 11.8 Å². The average Bonchev–Trinajstić information content (AvgIpc) is 2.40. The molecule has 0 heterocycles. The van der Waals surface area contributed by atoms with Gasteiger partial charge in [-0.3, -0.25) is 0 Å². The summed E-state index contributed by atoms with van der Waals surface area (Å²) in [4.78, 5) is 0. The third kappa shape index (κ3) is 1.95. The monoisotopic (exact) mass is 149 g/mol. The van der Waals surface area contributed by atoms with E-state index in [1.807, 2.05) is 0 Å². The molecule has 0 bridgehead atoms. The largest absolute Gasteiger partial charge is 0.0798 e. The molecule has 61 valence electrons. The summed E-state index contributed by atoms with van der Waals surface area (Å²) < 4.78 is 0. The molecule has 0 amide bonds. The number of hydrogen-bond donors (Lipinski definition) is 0. The minimum absolute atomic E-state index is 0.730. The van der Waals surface area contributed by atoms with Crippen LogP contribution in [0.25, 0.3) is 0 Å². The molecule has 1 unspecified atom stereocenters. The Labute approximate surface area is 70.0 Å². The van der Waals surface area contributed by atoms with Gasteiger partial charge in [-0.2, -0.15) is 0 Å². The molecule has 0 aromatic rings. The minimum atomic E-state index is 0.730. The Bertz CT molecular complexity index is 172. The van der Waals surface area contributed by atoms with E-state index in [0.29, 0.717) is 0 Å². The average molecular weight is 149 g/mol. The van der Waals surface area contributed by atoms with E-state index in [1.54, 1.807) is 0 Å². The van der Waals surface area contributed by atoms with Gasteiger partial charge >= 0.3 is 0 Å². The van der Waals surface area contributed by atoms with Crippen LogP contribution in [0, 0.1) is 17.9 Å². The molecule has 1 aliphatic carbocycles. The second-order valence-corrected chi connectivity index (χ2v) is 3.50. The first kappa shape index (κ1) is 8.58. The molecule has 0 aromatic heterocycles. The lowest BCUT2D eigenvalue weighted by Gasteiger charge is -2.18. The van der Waals surface area contributed by atoms with Gasteiger partial charge in [0.2, 0.25) is 0 Å². The van der Waals surface area contributed by atoms with Crippen LogP contribution in [-0.4, -0.2) is 0 Å². The Morgan fingerprint density at radius 2 is 2.27 bits per heavy atom. The maximum absolute atomic E-state index is 3.39. The molecule has 0 spiro atoms. The first-order valence-corrected chi connectivity index (χ1v) is 4.53. The molecular weight excluding hydrogens is 132 g/mol. The third-order valence-electron chi connectivity index (χ3n) is 2.37. The normalized spacial score (nSPS) is 19.1. The molecule has 1 radical (unpaired) electrons. The molecule has 1 atom stereocenters. The molecule has 11 heavy (non-hydrogen) atoms. The molecule has 0 aliphatic heterocycles. The summed E-state index contributed by atoms with van der Waals surface area (Å²) in [5.74, 6) is 1.49. The predicted octanol–water partition coefficient (Wildman–Crippen LogP) is 3.36. The summed E-state index contributed by atoms with van der Waals surface area (Å²) in [6.07, 6.45) is 10.1. The zero-order chi connectivity index (χ0) is 8.27. The molecule has 0 nitrogen and oxygen atoms in total. The second kappa shape index (κ2) is 3.75. The van der Waals surface area contributed by atoms with E-state index >= 15 is 0 Å². The summed E-state index contributed by atoms with van der Waals surface area (Å²) in [7, 11) is 0. The van der Waals surface area contributed by atoms with Crippen LogP contribution in [0.4, 0.5) is 0 Å². The Morgan fingerprint density at radius 3 is 2.64 bits per heavy atom. The van der Waals surface area contributed by atoms with E-state index in [9.17, 15) is 0 Å². The lowest BCUT2D eigenvalue weighted by molar-refractivity contribution is 0.437. The van der Waals surface area contributed by atoms with Crippen molar-refractivity contribution >= 4 is 0 Å². The number of rotatable bonds is 3. The van der Waals surface area contributed by atoms with E-state index in [0.717, 1.165) is 18.3 Å². The van der Waals surface area contributed by atoms with Crippen molar-refractivity contribution in [2.75, 3.05) is 0 Å². The van der Waals surface area contributed by atoms with Gasteiger partial charge in [0.25, 0.3) is 0 Å². The Hall–Kier alpha value is -0.520. The van der Waals surface area contributed by atoms with Crippen LogP contribution in [0.1, 0.15) is 33.6 Å². The lowest BCUT2D eigenvalue weighted by Crippen LogP contribution is -2.08. The molecule has 0 aromatic carbocycles. The van der Waals surface area contributed by atoms with Gasteiger partial charge in [-0.25, -0.2) is 0 Å². The standard InChI is InChI=1S/C11H17/c1-4-11(9(2)3)10-7-5-6-8-10/h5,7,9,11H,4,6H2,1-3H3. The van der Waals surface area contributed by atoms with Crippen molar-refractivity contribution in [3.05, 3.63) is 23.8 Å². The van der Waals surface area contributed by atoms with E-state index in [4.69, 9.17) is 0 Å². The van der Waals surface area contributed by atoms with Crippen molar-refractivity contribution in [1.82, 2.24) is 0 Å². The highest BCUT2D eigenvalue weighted by molar-refractivity contribution is 5.25. The predicted molar refractivity (Wildman–Crippen MR) is 49.1 cm³/mol. The summed E-state index contributed by atoms with van der Waals surface area (Å²) in [6.45, 7) is 6.83. The van der Waals surface area contributed by atoms with Gasteiger partial charge in [0.05, 0.1) is 0 Å². The smallest absolute Gasteiger partial charge is 0.00884 e. The minimum Gasteiger partial charge on any atom is -0.0798 e. The Morgan fingerprint density at radius 1 is 1.55 bits per heavy atom. The van der Waals surface area contributed by atoms with E-state index in [-0.39, 0.29) is 0 Å². The number of hydrogen-bond acceptors (Lipinski definition) is 0. The number of allylic oxidation sites excluding steroid dienone is 4. The quantitative estimate of drug-likeness (QED) is 0.577. The molecular formula is C11H17. The van der Waals surface area contributed by atoms with Gasteiger partial charge < -0.3 is 0 Å². The molecule has 0 fully saturated rings. The van der Waals surface area contributed by atoms with Crippen molar-refractivity contribution in [2.45, 2.75) is 33.6 Å². The summed E-state index contributed by atoms with van der Waals surface area (Å²) in [6, 6.07) is 0. The summed E-state index contributed by atoms with van der Waals surface area (Å²) in [5.41, 5.74) is 1.43. The highest BCUT2D eigenvalue weighted by atomic mass is 14.2. The van der Waals surface area contributed by atoms with E-state index < -0.39 is 0 Å². The van der Waals surface area contributed by atoms with Crippen LogP contribution in [0.15, 0.2) is 17.7 Å². The van der Waals surface area contributed by atoms with Gasteiger partial charge in [-0.05, 0) is 36.3 Å². The van der Waals surface area contributed by atoms with Crippen molar-refractivity contribution in [1.29, 1.82) is 0 Å². The van der Waals surface area contributed by atoms with Gasteiger partial charge in [0.1, 0.15) is 0 Å². The summed E-state index contributed by atoms with van der Waals surface area (Å²) >= 11 is 0. The molecule has 1 rings (SSSR count). The van der Waals surface area contributed by atoms with E-state index in [2.05, 4.69) is 39.0 Å². The SMILES string of the molecule is CCC(C1=[C]CC=C1)C(C)C.